The van der Waals surface area contributed by atoms with Gasteiger partial charge in [0.15, 0.2) is 0 Å². The summed E-state index contributed by atoms with van der Waals surface area (Å²) in [6.07, 6.45) is 0.183. The van der Waals surface area contributed by atoms with E-state index < -0.39 is 0 Å². The highest BCUT2D eigenvalue weighted by molar-refractivity contribution is 4.64. The largest absolute Gasteiger partial charge is 0.382 e. The Kier molecular flexibility index (Phi) is 5.27. The SMILES string of the molecule is COCCOC1CNCCOC1. The fourth-order valence-electron chi connectivity index (χ4n) is 1.09. The predicted molar refractivity (Wildman–Crippen MR) is 45.3 cm³/mol. The molecule has 1 unspecified atom stereocenters. The Morgan fingerprint density at radius 1 is 1.50 bits per heavy atom. The number of ether oxygens (including phenoxy) is 3. The van der Waals surface area contributed by atoms with E-state index in [1.807, 2.05) is 0 Å². The molecule has 0 spiro atoms. The number of methoxy groups -OCH3 is 1. The average molecular weight is 175 g/mol. The highest BCUT2D eigenvalue weighted by atomic mass is 16.5. The maximum Gasteiger partial charge on any atom is 0.0933 e. The summed E-state index contributed by atoms with van der Waals surface area (Å²) in [5, 5.41) is 3.23. The molecule has 1 rings (SSSR count). The minimum Gasteiger partial charge on any atom is -0.382 e. The standard InChI is InChI=1S/C8H17NO3/c1-10-4-5-12-8-6-9-2-3-11-7-8/h8-9H,2-7H2,1H3. The van der Waals surface area contributed by atoms with Crippen molar-refractivity contribution < 1.29 is 14.2 Å². The van der Waals surface area contributed by atoms with Crippen LogP contribution >= 0.6 is 0 Å². The van der Waals surface area contributed by atoms with E-state index in [1.54, 1.807) is 7.11 Å². The van der Waals surface area contributed by atoms with E-state index in [4.69, 9.17) is 14.2 Å². The second-order valence-electron chi connectivity index (χ2n) is 2.76. The van der Waals surface area contributed by atoms with Crippen molar-refractivity contribution in [3.05, 3.63) is 0 Å². The predicted octanol–water partition coefficient (Wildman–Crippen LogP) is -0.362. The van der Waals surface area contributed by atoms with Gasteiger partial charge in [-0.3, -0.25) is 0 Å². The van der Waals surface area contributed by atoms with Crippen LogP contribution in [-0.2, 0) is 14.2 Å². The third-order valence-corrected chi connectivity index (χ3v) is 1.74. The normalized spacial score (nSPS) is 25.2. The van der Waals surface area contributed by atoms with Gasteiger partial charge in [0, 0.05) is 20.2 Å². The number of nitrogens with one attached hydrogen (secondary N) is 1. The minimum absolute atomic E-state index is 0.183. The molecule has 0 amide bonds. The van der Waals surface area contributed by atoms with Gasteiger partial charge in [-0.1, -0.05) is 0 Å². The van der Waals surface area contributed by atoms with Crippen LogP contribution in [0, 0.1) is 0 Å². The molecule has 4 heteroatoms. The van der Waals surface area contributed by atoms with Gasteiger partial charge in [0.25, 0.3) is 0 Å². The molecule has 1 saturated heterocycles. The zero-order valence-corrected chi connectivity index (χ0v) is 7.54. The van der Waals surface area contributed by atoms with Crippen molar-refractivity contribution in [3.63, 3.8) is 0 Å². The Morgan fingerprint density at radius 3 is 3.25 bits per heavy atom. The van der Waals surface area contributed by atoms with Gasteiger partial charge in [0.1, 0.15) is 0 Å². The highest BCUT2D eigenvalue weighted by Gasteiger charge is 2.11. The molecule has 72 valence electrons. The van der Waals surface area contributed by atoms with Gasteiger partial charge < -0.3 is 19.5 Å². The van der Waals surface area contributed by atoms with Crippen molar-refractivity contribution in [2.75, 3.05) is 46.6 Å². The van der Waals surface area contributed by atoms with Crippen LogP contribution in [0.4, 0.5) is 0 Å². The lowest BCUT2D eigenvalue weighted by Crippen LogP contribution is -2.30. The van der Waals surface area contributed by atoms with Gasteiger partial charge in [0.2, 0.25) is 0 Å². The van der Waals surface area contributed by atoms with Crippen molar-refractivity contribution in [3.8, 4) is 0 Å². The number of hydrogen-bond acceptors (Lipinski definition) is 4. The van der Waals surface area contributed by atoms with Gasteiger partial charge >= 0.3 is 0 Å². The molecule has 1 aliphatic heterocycles. The van der Waals surface area contributed by atoms with E-state index in [1.165, 1.54) is 0 Å². The van der Waals surface area contributed by atoms with Gasteiger partial charge in [-0.2, -0.15) is 0 Å². The third kappa shape index (κ3) is 4.01. The first-order chi connectivity index (χ1) is 5.93. The molecular weight excluding hydrogens is 158 g/mol. The lowest BCUT2D eigenvalue weighted by molar-refractivity contribution is -0.0191. The first kappa shape index (κ1) is 9.92. The van der Waals surface area contributed by atoms with Gasteiger partial charge in [0.05, 0.1) is 32.5 Å². The molecule has 0 aromatic rings. The molecule has 0 saturated carbocycles. The van der Waals surface area contributed by atoms with E-state index in [0.29, 0.717) is 19.8 Å². The fraction of sp³-hybridized carbons (Fsp3) is 1.00. The van der Waals surface area contributed by atoms with Crippen molar-refractivity contribution >= 4 is 0 Å². The Bertz CT molecular complexity index is 102. The molecule has 1 atom stereocenters. The molecule has 1 aliphatic rings. The zero-order chi connectivity index (χ0) is 8.65. The Balaban J connectivity index is 2.04. The maximum absolute atomic E-state index is 5.49. The van der Waals surface area contributed by atoms with Crippen LogP contribution in [0.1, 0.15) is 0 Å². The van der Waals surface area contributed by atoms with Crippen molar-refractivity contribution in [2.24, 2.45) is 0 Å². The zero-order valence-electron chi connectivity index (χ0n) is 7.54. The molecule has 4 nitrogen and oxygen atoms in total. The fourth-order valence-corrected chi connectivity index (χ4v) is 1.09. The summed E-state index contributed by atoms with van der Waals surface area (Å²) in [6, 6.07) is 0. The monoisotopic (exact) mass is 175 g/mol. The number of rotatable bonds is 4. The van der Waals surface area contributed by atoms with Crippen LogP contribution in [0.25, 0.3) is 0 Å². The summed E-state index contributed by atoms with van der Waals surface area (Å²) in [4.78, 5) is 0. The van der Waals surface area contributed by atoms with Crippen LogP contribution in [0.3, 0.4) is 0 Å². The summed E-state index contributed by atoms with van der Waals surface area (Å²) in [5.41, 5.74) is 0. The smallest absolute Gasteiger partial charge is 0.0933 e. The third-order valence-electron chi connectivity index (χ3n) is 1.74. The lowest BCUT2D eigenvalue weighted by Gasteiger charge is -2.14. The van der Waals surface area contributed by atoms with Crippen LogP contribution in [0.5, 0.6) is 0 Å². The van der Waals surface area contributed by atoms with Crippen molar-refractivity contribution in [1.82, 2.24) is 5.32 Å². The molecule has 0 aliphatic carbocycles. The average Bonchev–Trinajstić information content (AvgIpc) is 2.33. The molecule has 0 aromatic heterocycles. The van der Waals surface area contributed by atoms with Crippen LogP contribution in [0.2, 0.25) is 0 Å². The van der Waals surface area contributed by atoms with Gasteiger partial charge in [-0.15, -0.1) is 0 Å². The van der Waals surface area contributed by atoms with Crippen LogP contribution in [-0.4, -0.2) is 52.7 Å². The molecule has 1 fully saturated rings. The van der Waals surface area contributed by atoms with E-state index in [2.05, 4.69) is 5.32 Å². The summed E-state index contributed by atoms with van der Waals surface area (Å²) in [5.74, 6) is 0. The van der Waals surface area contributed by atoms with E-state index in [-0.39, 0.29) is 6.10 Å². The number of hydrogen-bond donors (Lipinski definition) is 1. The minimum atomic E-state index is 0.183. The Labute approximate surface area is 73.2 Å². The first-order valence-electron chi connectivity index (χ1n) is 4.32. The Morgan fingerprint density at radius 2 is 2.42 bits per heavy atom. The summed E-state index contributed by atoms with van der Waals surface area (Å²) in [6.45, 7) is 4.57. The molecule has 1 N–H and O–H groups in total. The highest BCUT2D eigenvalue weighted by Crippen LogP contribution is 1.95. The van der Waals surface area contributed by atoms with Gasteiger partial charge in [-0.25, -0.2) is 0 Å². The molecule has 0 radical (unpaired) electrons. The maximum atomic E-state index is 5.49. The molecule has 1 heterocycles. The summed E-state index contributed by atoms with van der Waals surface area (Å²) in [7, 11) is 1.67. The van der Waals surface area contributed by atoms with E-state index in [0.717, 1.165) is 19.7 Å². The summed E-state index contributed by atoms with van der Waals surface area (Å²) < 4.78 is 15.7. The Hall–Kier alpha value is -0.160. The van der Waals surface area contributed by atoms with E-state index in [9.17, 15) is 0 Å². The second-order valence-corrected chi connectivity index (χ2v) is 2.76. The lowest BCUT2D eigenvalue weighted by atomic mass is 10.4. The van der Waals surface area contributed by atoms with Crippen LogP contribution in [0.15, 0.2) is 0 Å². The molecule has 12 heavy (non-hydrogen) atoms. The summed E-state index contributed by atoms with van der Waals surface area (Å²) >= 11 is 0. The molecule has 0 bridgehead atoms. The quantitative estimate of drug-likeness (QED) is 0.592. The van der Waals surface area contributed by atoms with E-state index >= 15 is 0 Å². The van der Waals surface area contributed by atoms with Crippen molar-refractivity contribution in [2.45, 2.75) is 6.10 Å². The second kappa shape index (κ2) is 6.37. The van der Waals surface area contributed by atoms with Crippen LogP contribution < -0.4 is 5.32 Å². The van der Waals surface area contributed by atoms with Crippen molar-refractivity contribution in [1.29, 1.82) is 0 Å². The van der Waals surface area contributed by atoms with Gasteiger partial charge in [-0.05, 0) is 0 Å². The molecule has 0 aromatic carbocycles. The topological polar surface area (TPSA) is 39.7 Å². The first-order valence-corrected chi connectivity index (χ1v) is 4.32. The molecular formula is C8H17NO3.